The van der Waals surface area contributed by atoms with Crippen LogP contribution in [0.3, 0.4) is 0 Å². The molecule has 0 aliphatic heterocycles. The van der Waals surface area contributed by atoms with E-state index in [1.54, 1.807) is 50.2 Å². The molecule has 0 fully saturated rings. The fraction of sp³-hybridized carbons (Fsp3) is 0.0588. The molecule has 0 aliphatic rings. The first kappa shape index (κ1) is 41.5. The van der Waals surface area contributed by atoms with Crippen molar-refractivity contribution in [2.75, 3.05) is 11.5 Å². The molecule has 0 aromatic heterocycles. The van der Waals surface area contributed by atoms with Crippen LogP contribution >= 0.6 is 0 Å². The van der Waals surface area contributed by atoms with Gasteiger partial charge in [0.25, 0.3) is 40.5 Å². The van der Waals surface area contributed by atoms with Crippen LogP contribution in [0.4, 0.5) is 34.1 Å². The van der Waals surface area contributed by atoms with Gasteiger partial charge >= 0.3 is 0 Å². The maximum Gasteiger partial charge on any atom is 0.300 e. The average molecular weight is 873 g/mol. The molecule has 0 unspecified atom stereocenters. The Morgan fingerprint density at radius 3 is 1.05 bits per heavy atom. The number of hydrogen-bond acceptors (Lipinski definition) is 16. The standard InChI is InChI=1S/C34H28N6O14S4/c1-15-11-17(3-9-25(15)39-37-19-5-7-21-23(13-19)27(35)33(57(49,50)51)29(41)31(21)55(43,44)45)18-4-10-26(16(2)12-18)40-38-20-6-8-22-24(14-20)28(36)34(58(52,53)54)30(42)32(22)56(46,47)48/h3-14,41-42H,35-36H2,1-2H3,(H,43,44,45)(H,46,47,48)(H,49,50,51)(H,52,53,54). The van der Waals surface area contributed by atoms with Gasteiger partial charge in [-0.2, -0.15) is 54.1 Å². The molecule has 6 aromatic rings. The van der Waals surface area contributed by atoms with Gasteiger partial charge in [-0.1, -0.05) is 24.3 Å². The quantitative estimate of drug-likeness (QED) is 0.0427. The number of aryl methyl sites for hydroxylation is 2. The Balaban J connectivity index is 1.28. The number of aromatic hydroxyl groups is 2. The van der Waals surface area contributed by atoms with Crippen LogP contribution in [-0.4, -0.2) is 62.1 Å². The number of phenols is 2. The first-order valence-electron chi connectivity index (χ1n) is 15.9. The molecule has 0 saturated heterocycles. The molecule has 0 spiro atoms. The molecule has 10 N–H and O–H groups in total. The Hall–Kier alpha value is -6.12. The fourth-order valence-electron chi connectivity index (χ4n) is 6.15. The second-order valence-corrected chi connectivity index (χ2v) is 18.0. The van der Waals surface area contributed by atoms with Crippen molar-refractivity contribution in [1.29, 1.82) is 0 Å². The lowest BCUT2D eigenvalue weighted by Crippen LogP contribution is -2.09. The lowest BCUT2D eigenvalue weighted by molar-refractivity contribution is 0.423. The van der Waals surface area contributed by atoms with Gasteiger partial charge in [0, 0.05) is 21.5 Å². The lowest BCUT2D eigenvalue weighted by atomic mass is 10.0. The molecule has 0 saturated carbocycles. The Morgan fingerprint density at radius 2 is 0.759 bits per heavy atom. The Morgan fingerprint density at radius 1 is 0.431 bits per heavy atom. The van der Waals surface area contributed by atoms with E-state index in [1.165, 1.54) is 12.1 Å². The van der Waals surface area contributed by atoms with Gasteiger partial charge in [0.1, 0.15) is 9.79 Å². The van der Waals surface area contributed by atoms with Gasteiger partial charge in [-0.15, -0.1) is 0 Å². The van der Waals surface area contributed by atoms with Gasteiger partial charge in [-0.25, -0.2) is 0 Å². The van der Waals surface area contributed by atoms with E-state index >= 15 is 0 Å². The minimum absolute atomic E-state index is 0.0634. The van der Waals surface area contributed by atoms with Crippen LogP contribution in [-0.2, 0) is 40.5 Å². The molecule has 24 heteroatoms. The van der Waals surface area contributed by atoms with Crippen molar-refractivity contribution in [3.8, 4) is 22.6 Å². The van der Waals surface area contributed by atoms with Crippen LogP contribution < -0.4 is 11.5 Å². The molecular weight excluding hydrogens is 845 g/mol. The third-order valence-electron chi connectivity index (χ3n) is 8.73. The molecule has 6 aromatic carbocycles. The molecule has 0 radical (unpaired) electrons. The van der Waals surface area contributed by atoms with Crippen LogP contribution in [0.25, 0.3) is 32.7 Å². The molecule has 302 valence electrons. The van der Waals surface area contributed by atoms with Gasteiger partial charge in [0.15, 0.2) is 21.3 Å². The van der Waals surface area contributed by atoms with Crippen LogP contribution in [0.1, 0.15) is 11.1 Å². The van der Waals surface area contributed by atoms with Crippen LogP contribution in [0, 0.1) is 13.8 Å². The summed E-state index contributed by atoms with van der Waals surface area (Å²) >= 11 is 0. The average Bonchev–Trinajstić information content (AvgIpc) is 3.08. The number of rotatable bonds is 9. The zero-order chi connectivity index (χ0) is 42.9. The zero-order valence-corrected chi connectivity index (χ0v) is 32.7. The van der Waals surface area contributed by atoms with E-state index in [4.69, 9.17) is 11.5 Å². The number of benzene rings is 6. The summed E-state index contributed by atoms with van der Waals surface area (Å²) in [6, 6.07) is 17.5. The number of nitrogens with zero attached hydrogens (tertiary/aromatic N) is 4. The summed E-state index contributed by atoms with van der Waals surface area (Å²) in [7, 11) is -20.9. The van der Waals surface area contributed by atoms with Crippen molar-refractivity contribution in [3.05, 3.63) is 83.9 Å². The number of hydrogen-bond donors (Lipinski definition) is 8. The number of fused-ring (bicyclic) bond motifs is 2. The van der Waals surface area contributed by atoms with E-state index in [-0.39, 0.29) is 32.9 Å². The van der Waals surface area contributed by atoms with Gasteiger partial charge < -0.3 is 21.7 Å². The van der Waals surface area contributed by atoms with E-state index in [0.717, 1.165) is 35.4 Å². The maximum atomic E-state index is 12.0. The predicted molar refractivity (Wildman–Crippen MR) is 209 cm³/mol. The lowest BCUT2D eigenvalue weighted by Gasteiger charge is -2.14. The normalized spacial score (nSPS) is 13.0. The summed E-state index contributed by atoms with van der Waals surface area (Å²) in [6.45, 7) is 3.50. The van der Waals surface area contributed by atoms with Gasteiger partial charge in [-0.05, 0) is 84.6 Å². The van der Waals surface area contributed by atoms with Crippen LogP contribution in [0.15, 0.2) is 113 Å². The van der Waals surface area contributed by atoms with Crippen molar-refractivity contribution in [1.82, 2.24) is 0 Å². The fourth-order valence-corrected chi connectivity index (χ4v) is 9.36. The summed E-state index contributed by atoms with van der Waals surface area (Å²) in [6.07, 6.45) is 0. The number of nitrogen functional groups attached to an aromatic ring is 2. The second kappa shape index (κ2) is 14.4. The van der Waals surface area contributed by atoms with Crippen LogP contribution in [0.5, 0.6) is 11.5 Å². The van der Waals surface area contributed by atoms with Crippen molar-refractivity contribution in [3.63, 3.8) is 0 Å². The number of phenolic OH excluding ortho intramolecular Hbond substituents is 2. The smallest absolute Gasteiger partial charge is 0.300 e. The van der Waals surface area contributed by atoms with Crippen molar-refractivity contribution < 1.29 is 62.1 Å². The summed E-state index contributed by atoms with van der Waals surface area (Å²) in [5.41, 5.74) is 14.2. The number of azo groups is 2. The topological polar surface area (TPSA) is 359 Å². The predicted octanol–water partition coefficient (Wildman–Crippen LogP) is 6.67. The first-order chi connectivity index (χ1) is 26.8. The van der Waals surface area contributed by atoms with Gasteiger partial charge in [0.05, 0.1) is 34.1 Å². The monoisotopic (exact) mass is 872 g/mol. The maximum absolute atomic E-state index is 12.0. The minimum Gasteiger partial charge on any atom is -0.505 e. The molecule has 0 atom stereocenters. The summed E-state index contributed by atoms with van der Waals surface area (Å²) in [4.78, 5) is -4.98. The van der Waals surface area contributed by atoms with E-state index < -0.39 is 82.9 Å². The number of anilines is 2. The van der Waals surface area contributed by atoms with Crippen molar-refractivity contribution >= 4 is 96.1 Å². The number of nitrogens with two attached hydrogens (primary N) is 2. The van der Waals surface area contributed by atoms with Gasteiger partial charge in [-0.3, -0.25) is 18.2 Å². The molecule has 0 amide bonds. The second-order valence-electron chi connectivity index (χ2n) is 12.6. The van der Waals surface area contributed by atoms with Crippen molar-refractivity contribution in [2.24, 2.45) is 20.5 Å². The highest BCUT2D eigenvalue weighted by atomic mass is 32.2. The Kier molecular flexibility index (Phi) is 10.3. The molecule has 0 heterocycles. The van der Waals surface area contributed by atoms with Crippen molar-refractivity contribution in [2.45, 2.75) is 33.4 Å². The largest absolute Gasteiger partial charge is 0.505 e. The zero-order valence-electron chi connectivity index (χ0n) is 29.5. The SMILES string of the molecule is Cc1cc(-c2ccc(N=Nc3ccc4c(S(=O)(=O)O)c(O)c(S(=O)(=O)O)c(N)c4c3)c(C)c2)ccc1N=Nc1ccc2c(S(=O)(=O)O)c(O)c(S(=O)(=O)O)c(N)c2c1. The Labute approximate surface area is 328 Å². The van der Waals surface area contributed by atoms with E-state index in [9.17, 15) is 62.1 Å². The molecule has 20 nitrogen and oxygen atoms in total. The summed E-state index contributed by atoms with van der Waals surface area (Å²) in [5.74, 6) is -2.90. The van der Waals surface area contributed by atoms with E-state index in [2.05, 4.69) is 20.5 Å². The third-order valence-corrected chi connectivity index (χ3v) is 12.4. The molecular formula is C34H28N6O14S4. The van der Waals surface area contributed by atoms with Gasteiger partial charge in [0.2, 0.25) is 0 Å². The van der Waals surface area contributed by atoms with Crippen LogP contribution in [0.2, 0.25) is 0 Å². The molecule has 6 rings (SSSR count). The molecule has 0 aliphatic carbocycles. The summed E-state index contributed by atoms with van der Waals surface area (Å²) < 4.78 is 134. The van der Waals surface area contributed by atoms with E-state index in [0.29, 0.717) is 22.5 Å². The highest BCUT2D eigenvalue weighted by Crippen LogP contribution is 2.45. The highest BCUT2D eigenvalue weighted by molar-refractivity contribution is 7.87. The highest BCUT2D eigenvalue weighted by Gasteiger charge is 2.32. The molecule has 58 heavy (non-hydrogen) atoms. The molecule has 0 bridgehead atoms. The summed E-state index contributed by atoms with van der Waals surface area (Å²) in [5, 5.41) is 36.1. The van der Waals surface area contributed by atoms with E-state index in [1.807, 2.05) is 0 Å². The Bertz CT molecular complexity index is 3080. The first-order valence-corrected chi connectivity index (χ1v) is 21.7. The minimum atomic E-state index is -5.25. The third kappa shape index (κ3) is 7.77.